The Morgan fingerprint density at radius 3 is 2.34 bits per heavy atom. The minimum Gasteiger partial charge on any atom is -0.497 e. The SMILES string of the molecule is COc1ccc(OC)c(NC(=O)Cn2c(=O)n(-c3ccccc3)c(=O)c3ccccc32)c1. The fraction of sp³-hybridized carbons (Fsp3) is 0.125. The highest BCUT2D eigenvalue weighted by atomic mass is 16.5. The monoisotopic (exact) mass is 431 g/mol. The molecule has 0 aliphatic carbocycles. The molecule has 8 heteroatoms. The minimum absolute atomic E-state index is 0.299. The quantitative estimate of drug-likeness (QED) is 0.507. The third kappa shape index (κ3) is 3.85. The number of benzene rings is 3. The van der Waals surface area contributed by atoms with Crippen LogP contribution in [0.1, 0.15) is 0 Å². The first-order chi connectivity index (χ1) is 15.5. The van der Waals surface area contributed by atoms with Gasteiger partial charge in [-0.15, -0.1) is 0 Å². The van der Waals surface area contributed by atoms with Crippen molar-refractivity contribution in [1.82, 2.24) is 9.13 Å². The number of carbonyl (C=O) groups is 1. The lowest BCUT2D eigenvalue weighted by atomic mass is 10.2. The number of aromatic nitrogens is 2. The van der Waals surface area contributed by atoms with E-state index in [-0.39, 0.29) is 6.54 Å². The molecule has 0 radical (unpaired) electrons. The normalized spacial score (nSPS) is 10.7. The van der Waals surface area contributed by atoms with E-state index < -0.39 is 17.2 Å². The van der Waals surface area contributed by atoms with Crippen LogP contribution < -0.4 is 26.0 Å². The van der Waals surface area contributed by atoms with Gasteiger partial charge in [-0.1, -0.05) is 30.3 Å². The van der Waals surface area contributed by atoms with Crippen LogP contribution in [0.2, 0.25) is 0 Å². The molecule has 0 spiro atoms. The highest BCUT2D eigenvalue weighted by molar-refractivity contribution is 5.93. The summed E-state index contributed by atoms with van der Waals surface area (Å²) in [5.74, 6) is 0.536. The molecule has 0 aliphatic rings. The Labute approximate surface area is 183 Å². The highest BCUT2D eigenvalue weighted by Gasteiger charge is 2.17. The maximum Gasteiger partial charge on any atom is 0.336 e. The third-order valence-electron chi connectivity index (χ3n) is 5.05. The summed E-state index contributed by atoms with van der Waals surface area (Å²) in [4.78, 5) is 39.3. The number of hydrogen-bond acceptors (Lipinski definition) is 5. The van der Waals surface area contributed by atoms with Gasteiger partial charge in [0.05, 0.1) is 36.5 Å². The van der Waals surface area contributed by atoms with Gasteiger partial charge >= 0.3 is 5.69 Å². The molecule has 0 aliphatic heterocycles. The third-order valence-corrected chi connectivity index (χ3v) is 5.05. The number of hydrogen-bond donors (Lipinski definition) is 1. The van der Waals surface area contributed by atoms with E-state index in [1.54, 1.807) is 72.8 Å². The molecule has 1 aromatic heterocycles. The molecule has 4 aromatic rings. The summed E-state index contributed by atoms with van der Waals surface area (Å²) < 4.78 is 12.9. The number of para-hydroxylation sites is 2. The molecule has 0 fully saturated rings. The Kier molecular flexibility index (Phi) is 5.76. The first-order valence-corrected chi connectivity index (χ1v) is 9.85. The van der Waals surface area contributed by atoms with Gasteiger partial charge in [-0.2, -0.15) is 0 Å². The second kappa shape index (κ2) is 8.81. The summed E-state index contributed by atoms with van der Waals surface area (Å²) in [6.07, 6.45) is 0. The molecular formula is C24H21N3O5. The van der Waals surface area contributed by atoms with E-state index in [9.17, 15) is 14.4 Å². The van der Waals surface area contributed by atoms with Gasteiger partial charge in [-0.05, 0) is 36.4 Å². The van der Waals surface area contributed by atoms with E-state index in [0.717, 1.165) is 4.57 Å². The fourth-order valence-electron chi connectivity index (χ4n) is 3.52. The molecule has 3 aromatic carbocycles. The summed E-state index contributed by atoms with van der Waals surface area (Å²) in [5.41, 5.74) is 0.167. The Balaban J connectivity index is 1.79. The molecule has 8 nitrogen and oxygen atoms in total. The molecule has 32 heavy (non-hydrogen) atoms. The molecule has 1 N–H and O–H groups in total. The van der Waals surface area contributed by atoms with Crippen molar-refractivity contribution in [3.63, 3.8) is 0 Å². The summed E-state index contributed by atoms with van der Waals surface area (Å²) in [5, 5.41) is 3.10. The zero-order valence-corrected chi connectivity index (χ0v) is 17.6. The van der Waals surface area contributed by atoms with Gasteiger partial charge in [0.1, 0.15) is 18.0 Å². The van der Waals surface area contributed by atoms with Gasteiger partial charge in [0, 0.05) is 6.07 Å². The lowest BCUT2D eigenvalue weighted by molar-refractivity contribution is -0.116. The van der Waals surface area contributed by atoms with Gasteiger partial charge in [0.25, 0.3) is 5.56 Å². The number of nitrogens with zero attached hydrogens (tertiary/aromatic N) is 2. The van der Waals surface area contributed by atoms with Crippen molar-refractivity contribution in [2.24, 2.45) is 0 Å². The lowest BCUT2D eigenvalue weighted by Crippen LogP contribution is -2.40. The van der Waals surface area contributed by atoms with Crippen molar-refractivity contribution in [2.45, 2.75) is 6.54 Å². The zero-order valence-electron chi connectivity index (χ0n) is 17.6. The molecule has 0 saturated heterocycles. The van der Waals surface area contributed by atoms with Crippen LogP contribution in [-0.4, -0.2) is 29.3 Å². The maximum atomic E-state index is 13.3. The summed E-state index contributed by atoms with van der Waals surface area (Å²) >= 11 is 0. The van der Waals surface area contributed by atoms with Crippen molar-refractivity contribution in [3.8, 4) is 17.2 Å². The molecule has 0 saturated carbocycles. The molecule has 0 atom stereocenters. The fourth-order valence-corrected chi connectivity index (χ4v) is 3.52. The van der Waals surface area contributed by atoms with E-state index in [1.165, 1.54) is 18.8 Å². The van der Waals surface area contributed by atoms with E-state index >= 15 is 0 Å². The van der Waals surface area contributed by atoms with Gasteiger partial charge in [0.15, 0.2) is 0 Å². The van der Waals surface area contributed by atoms with Crippen LogP contribution in [0.25, 0.3) is 16.6 Å². The van der Waals surface area contributed by atoms with E-state index in [0.29, 0.717) is 33.8 Å². The molecule has 4 rings (SSSR count). The number of anilines is 1. The Bertz CT molecular complexity index is 1410. The first kappa shape index (κ1) is 20.9. The van der Waals surface area contributed by atoms with Crippen molar-refractivity contribution < 1.29 is 14.3 Å². The van der Waals surface area contributed by atoms with Gasteiger partial charge in [0.2, 0.25) is 5.91 Å². The van der Waals surface area contributed by atoms with Gasteiger partial charge in [-0.3, -0.25) is 14.2 Å². The largest absolute Gasteiger partial charge is 0.497 e. The van der Waals surface area contributed by atoms with Crippen molar-refractivity contribution >= 4 is 22.5 Å². The highest BCUT2D eigenvalue weighted by Crippen LogP contribution is 2.28. The van der Waals surface area contributed by atoms with Crippen LogP contribution in [0, 0.1) is 0 Å². The second-order valence-corrected chi connectivity index (χ2v) is 6.98. The Morgan fingerprint density at radius 2 is 1.62 bits per heavy atom. The summed E-state index contributed by atoms with van der Waals surface area (Å²) in [6, 6.07) is 20.3. The van der Waals surface area contributed by atoms with E-state index in [4.69, 9.17) is 9.47 Å². The predicted octanol–water partition coefficient (Wildman–Crippen LogP) is 2.81. The van der Waals surface area contributed by atoms with E-state index in [1.807, 2.05) is 0 Å². The maximum absolute atomic E-state index is 13.3. The number of methoxy groups -OCH3 is 2. The number of carbonyl (C=O) groups excluding carboxylic acids is 1. The first-order valence-electron chi connectivity index (χ1n) is 9.85. The number of rotatable bonds is 6. The van der Waals surface area contributed by atoms with E-state index in [2.05, 4.69) is 5.32 Å². The smallest absolute Gasteiger partial charge is 0.336 e. The summed E-state index contributed by atoms with van der Waals surface area (Å²) in [7, 11) is 3.01. The Hall–Kier alpha value is -4.33. The average Bonchev–Trinajstić information content (AvgIpc) is 2.82. The summed E-state index contributed by atoms with van der Waals surface area (Å²) in [6.45, 7) is -0.299. The number of amides is 1. The van der Waals surface area contributed by atoms with Crippen LogP contribution in [0.3, 0.4) is 0 Å². The van der Waals surface area contributed by atoms with Crippen LogP contribution >= 0.6 is 0 Å². The zero-order chi connectivity index (χ0) is 22.7. The molecule has 0 bridgehead atoms. The van der Waals surface area contributed by atoms with Crippen molar-refractivity contribution in [2.75, 3.05) is 19.5 Å². The molecule has 1 amide bonds. The topological polar surface area (TPSA) is 91.6 Å². The molecule has 0 unspecified atom stereocenters. The predicted molar refractivity (Wildman–Crippen MR) is 122 cm³/mol. The van der Waals surface area contributed by atoms with Gasteiger partial charge in [-0.25, -0.2) is 9.36 Å². The number of ether oxygens (including phenoxy) is 2. The standard InChI is InChI=1S/C24H21N3O5/c1-31-17-12-13-21(32-2)19(14-17)25-22(28)15-26-20-11-7-6-10-18(20)23(29)27(24(26)30)16-8-4-3-5-9-16/h3-14H,15H2,1-2H3,(H,25,28). The Morgan fingerprint density at radius 1 is 0.906 bits per heavy atom. The van der Waals surface area contributed by atoms with Crippen molar-refractivity contribution in [1.29, 1.82) is 0 Å². The van der Waals surface area contributed by atoms with Crippen LogP contribution in [0.5, 0.6) is 11.5 Å². The van der Waals surface area contributed by atoms with Gasteiger partial charge < -0.3 is 14.8 Å². The van der Waals surface area contributed by atoms with Crippen LogP contribution in [0.4, 0.5) is 5.69 Å². The number of nitrogens with one attached hydrogen (secondary N) is 1. The van der Waals surface area contributed by atoms with Crippen LogP contribution in [-0.2, 0) is 11.3 Å². The molecule has 162 valence electrons. The molecule has 1 heterocycles. The van der Waals surface area contributed by atoms with Crippen molar-refractivity contribution in [3.05, 3.63) is 93.6 Å². The lowest BCUT2D eigenvalue weighted by Gasteiger charge is -2.15. The van der Waals surface area contributed by atoms with Crippen LogP contribution in [0.15, 0.2) is 82.4 Å². The second-order valence-electron chi connectivity index (χ2n) is 6.98. The number of fused-ring (bicyclic) bond motifs is 1. The molecular weight excluding hydrogens is 410 g/mol. The minimum atomic E-state index is -0.604. The average molecular weight is 431 g/mol.